The Morgan fingerprint density at radius 2 is 2.04 bits per heavy atom. The van der Waals surface area contributed by atoms with Gasteiger partial charge >= 0.3 is 6.09 Å². The first-order valence-electron chi connectivity index (χ1n) is 9.63. The molecule has 1 atom stereocenters. The lowest BCUT2D eigenvalue weighted by Crippen LogP contribution is -2.41. The van der Waals surface area contributed by atoms with Crippen molar-refractivity contribution in [1.82, 2.24) is 4.90 Å². The van der Waals surface area contributed by atoms with Gasteiger partial charge in [-0.15, -0.1) is 0 Å². The van der Waals surface area contributed by atoms with E-state index in [2.05, 4.69) is 19.6 Å². The van der Waals surface area contributed by atoms with Crippen molar-refractivity contribution in [2.24, 2.45) is 5.92 Å². The highest BCUT2D eigenvalue weighted by Gasteiger charge is 2.28. The molecule has 1 heterocycles. The maximum absolute atomic E-state index is 12.2. The third-order valence-corrected chi connectivity index (χ3v) is 5.32. The number of nitrogens with zero attached hydrogens (tertiary/aromatic N) is 1. The van der Waals surface area contributed by atoms with Crippen LogP contribution in [0.2, 0.25) is 5.02 Å². The average Bonchev–Trinajstić information content (AvgIpc) is 2.58. The molecular weight excluding hydrogens is 346 g/mol. The minimum atomic E-state index is -0.434. The number of rotatable bonds is 5. The minimum absolute atomic E-state index is 0.186. The van der Waals surface area contributed by atoms with Crippen LogP contribution in [-0.4, -0.2) is 29.7 Å². The standard InChI is InChI=1S/C22H32ClNO2/c1-6-17(20-9-8-19(23)15-18(20)7-2)14-16-10-12-24(13-11-16)21(25)26-22(3,4)5/h7-9,15-17H,2,6,10-14H2,1,3-5H3. The molecule has 2 rings (SSSR count). The van der Waals surface area contributed by atoms with Crippen molar-refractivity contribution in [3.8, 4) is 0 Å². The van der Waals surface area contributed by atoms with Crippen molar-refractivity contribution < 1.29 is 9.53 Å². The van der Waals surface area contributed by atoms with Crippen LogP contribution in [0.25, 0.3) is 6.08 Å². The summed E-state index contributed by atoms with van der Waals surface area (Å²) < 4.78 is 5.49. The first-order chi connectivity index (χ1) is 12.2. The van der Waals surface area contributed by atoms with Gasteiger partial charge in [-0.3, -0.25) is 0 Å². The fourth-order valence-corrected chi connectivity index (χ4v) is 3.87. The summed E-state index contributed by atoms with van der Waals surface area (Å²) in [5.74, 6) is 1.13. The molecule has 1 aliphatic rings. The van der Waals surface area contributed by atoms with Gasteiger partial charge in [-0.1, -0.05) is 37.2 Å². The Morgan fingerprint density at radius 1 is 1.38 bits per heavy atom. The molecule has 0 aliphatic carbocycles. The average molecular weight is 378 g/mol. The molecule has 0 aromatic heterocycles. The number of benzene rings is 1. The minimum Gasteiger partial charge on any atom is -0.444 e. The van der Waals surface area contributed by atoms with Gasteiger partial charge in [-0.05, 0) is 81.5 Å². The third kappa shape index (κ3) is 5.77. The van der Waals surface area contributed by atoms with Gasteiger partial charge in [0, 0.05) is 18.1 Å². The zero-order valence-electron chi connectivity index (χ0n) is 16.6. The van der Waals surface area contributed by atoms with Gasteiger partial charge in [0.05, 0.1) is 0 Å². The van der Waals surface area contributed by atoms with Crippen molar-refractivity contribution in [3.05, 3.63) is 40.9 Å². The second-order valence-corrected chi connectivity index (χ2v) is 8.67. The van der Waals surface area contributed by atoms with Gasteiger partial charge < -0.3 is 9.64 Å². The largest absolute Gasteiger partial charge is 0.444 e. The highest BCUT2D eigenvalue weighted by molar-refractivity contribution is 6.30. The van der Waals surface area contributed by atoms with E-state index in [1.807, 2.05) is 43.9 Å². The van der Waals surface area contributed by atoms with Crippen molar-refractivity contribution >= 4 is 23.8 Å². The lowest BCUT2D eigenvalue weighted by Gasteiger charge is -2.35. The van der Waals surface area contributed by atoms with Crippen LogP contribution in [0, 0.1) is 5.92 Å². The molecule has 0 saturated carbocycles. The second-order valence-electron chi connectivity index (χ2n) is 8.23. The van der Waals surface area contributed by atoms with Crippen molar-refractivity contribution in [1.29, 1.82) is 0 Å². The molecular formula is C22H32ClNO2. The molecule has 0 bridgehead atoms. The SMILES string of the molecule is C=Cc1cc(Cl)ccc1C(CC)CC1CCN(C(=O)OC(C)(C)C)CC1. The topological polar surface area (TPSA) is 29.5 Å². The normalized spacial score (nSPS) is 17.0. The molecule has 1 aromatic rings. The number of carbonyl (C=O) groups excluding carboxylic acids is 1. The predicted molar refractivity (Wildman–Crippen MR) is 110 cm³/mol. The van der Waals surface area contributed by atoms with Crippen LogP contribution in [-0.2, 0) is 4.74 Å². The van der Waals surface area contributed by atoms with E-state index < -0.39 is 5.60 Å². The van der Waals surface area contributed by atoms with E-state index in [9.17, 15) is 4.79 Å². The molecule has 3 nitrogen and oxygen atoms in total. The van der Waals surface area contributed by atoms with Crippen LogP contribution < -0.4 is 0 Å². The van der Waals surface area contributed by atoms with E-state index in [0.717, 1.165) is 49.4 Å². The van der Waals surface area contributed by atoms with Crippen LogP contribution in [0.1, 0.15) is 70.4 Å². The van der Waals surface area contributed by atoms with Gasteiger partial charge in [0.1, 0.15) is 5.60 Å². The van der Waals surface area contributed by atoms with E-state index in [1.54, 1.807) is 0 Å². The predicted octanol–water partition coefficient (Wildman–Crippen LogP) is 6.51. The molecule has 1 saturated heterocycles. The number of piperidine rings is 1. The summed E-state index contributed by atoms with van der Waals surface area (Å²) >= 11 is 6.13. The summed E-state index contributed by atoms with van der Waals surface area (Å²) in [6, 6.07) is 6.11. The molecule has 1 fully saturated rings. The van der Waals surface area contributed by atoms with Crippen LogP contribution in [0.15, 0.2) is 24.8 Å². The highest BCUT2D eigenvalue weighted by atomic mass is 35.5. The number of ether oxygens (including phenoxy) is 1. The third-order valence-electron chi connectivity index (χ3n) is 5.09. The summed E-state index contributed by atoms with van der Waals surface area (Å²) in [6.45, 7) is 13.5. The molecule has 1 amide bonds. The van der Waals surface area contributed by atoms with Gasteiger partial charge in [0.25, 0.3) is 0 Å². The molecule has 0 spiro atoms. The monoisotopic (exact) mass is 377 g/mol. The quantitative estimate of drug-likeness (QED) is 0.585. The Bertz CT molecular complexity index is 628. The lowest BCUT2D eigenvalue weighted by atomic mass is 9.81. The molecule has 1 aliphatic heterocycles. The molecule has 26 heavy (non-hydrogen) atoms. The van der Waals surface area contributed by atoms with Crippen molar-refractivity contribution in [3.63, 3.8) is 0 Å². The first-order valence-corrected chi connectivity index (χ1v) is 10.0. The number of amides is 1. The molecule has 0 N–H and O–H groups in total. The van der Waals surface area contributed by atoms with Gasteiger partial charge in [0.15, 0.2) is 0 Å². The van der Waals surface area contributed by atoms with Gasteiger partial charge in [0.2, 0.25) is 0 Å². The molecule has 1 unspecified atom stereocenters. The summed E-state index contributed by atoms with van der Waals surface area (Å²) in [5, 5.41) is 0.754. The van der Waals surface area contributed by atoms with E-state index in [4.69, 9.17) is 16.3 Å². The van der Waals surface area contributed by atoms with Crippen LogP contribution >= 0.6 is 11.6 Å². The Morgan fingerprint density at radius 3 is 2.58 bits per heavy atom. The van der Waals surface area contributed by atoms with E-state index in [-0.39, 0.29) is 6.09 Å². The van der Waals surface area contributed by atoms with Crippen LogP contribution in [0.3, 0.4) is 0 Å². The molecule has 144 valence electrons. The number of hydrogen-bond acceptors (Lipinski definition) is 2. The van der Waals surface area contributed by atoms with E-state index in [0.29, 0.717) is 11.8 Å². The first kappa shape index (κ1) is 20.8. The zero-order chi connectivity index (χ0) is 19.3. The summed E-state index contributed by atoms with van der Waals surface area (Å²) in [5.41, 5.74) is 2.04. The maximum atomic E-state index is 12.2. The van der Waals surface area contributed by atoms with Crippen LogP contribution in [0.5, 0.6) is 0 Å². The van der Waals surface area contributed by atoms with E-state index in [1.165, 1.54) is 5.56 Å². The van der Waals surface area contributed by atoms with E-state index >= 15 is 0 Å². The summed E-state index contributed by atoms with van der Waals surface area (Å²) in [6.07, 6.45) is 6.01. The van der Waals surface area contributed by atoms with Crippen molar-refractivity contribution in [2.75, 3.05) is 13.1 Å². The Balaban J connectivity index is 1.95. The molecule has 1 aromatic carbocycles. The fourth-order valence-electron chi connectivity index (χ4n) is 3.69. The maximum Gasteiger partial charge on any atom is 0.410 e. The molecule has 4 heteroatoms. The number of halogens is 1. The smallest absolute Gasteiger partial charge is 0.410 e. The second kappa shape index (κ2) is 8.94. The molecule has 0 radical (unpaired) electrons. The number of hydrogen-bond donors (Lipinski definition) is 0. The Labute approximate surface area is 163 Å². The zero-order valence-corrected chi connectivity index (χ0v) is 17.3. The van der Waals surface area contributed by atoms with Crippen molar-refractivity contribution in [2.45, 2.75) is 64.9 Å². The van der Waals surface area contributed by atoms with Gasteiger partial charge in [-0.25, -0.2) is 4.79 Å². The summed E-state index contributed by atoms with van der Waals surface area (Å²) in [7, 11) is 0. The Hall–Kier alpha value is -1.48. The van der Waals surface area contributed by atoms with Crippen LogP contribution in [0.4, 0.5) is 4.79 Å². The lowest BCUT2D eigenvalue weighted by molar-refractivity contribution is 0.0178. The highest BCUT2D eigenvalue weighted by Crippen LogP contribution is 2.35. The van der Waals surface area contributed by atoms with Gasteiger partial charge in [-0.2, -0.15) is 0 Å². The Kier molecular flexibility index (Phi) is 7.16. The number of carbonyl (C=O) groups is 1. The summed E-state index contributed by atoms with van der Waals surface area (Å²) in [4.78, 5) is 14.1. The number of likely N-dealkylation sites (tertiary alicyclic amines) is 1. The fraction of sp³-hybridized carbons (Fsp3) is 0.591.